The third-order valence-corrected chi connectivity index (χ3v) is 5.34. The van der Waals surface area contributed by atoms with Crippen molar-refractivity contribution in [2.75, 3.05) is 18.0 Å². The van der Waals surface area contributed by atoms with E-state index in [1.807, 2.05) is 24.8 Å². The Bertz CT molecular complexity index is 945. The molecular weight excluding hydrogens is 314 g/mol. The number of aromatic nitrogens is 3. The van der Waals surface area contributed by atoms with Crippen molar-refractivity contribution >= 4 is 33.4 Å². The predicted molar refractivity (Wildman–Crippen MR) is 97.5 cm³/mol. The second-order valence-corrected chi connectivity index (χ2v) is 7.19. The van der Waals surface area contributed by atoms with Gasteiger partial charge in [0.25, 0.3) is 0 Å². The second-order valence-electron chi connectivity index (χ2n) is 7.19. The molecule has 4 heterocycles. The fraction of sp³-hybridized carbons (Fsp3) is 0.421. The molecule has 2 fully saturated rings. The molecule has 0 bridgehead atoms. The average molecular weight is 335 g/mol. The minimum absolute atomic E-state index is 0.0631. The Balaban J connectivity index is 1.51. The Hall–Kier alpha value is -2.63. The number of H-pyrrole nitrogens is 1. The summed E-state index contributed by atoms with van der Waals surface area (Å²) in [6, 6.07) is 2.49. The number of amides is 1. The molecule has 25 heavy (non-hydrogen) atoms. The number of hydrogen-bond donors (Lipinski definition) is 2. The summed E-state index contributed by atoms with van der Waals surface area (Å²) >= 11 is 0. The Morgan fingerprint density at radius 2 is 2.16 bits per heavy atom. The summed E-state index contributed by atoms with van der Waals surface area (Å²) in [4.78, 5) is 26.9. The molecule has 1 aliphatic carbocycles. The molecule has 1 saturated heterocycles. The number of nitrogens with one attached hydrogen (secondary N) is 2. The lowest BCUT2D eigenvalue weighted by Gasteiger charge is -2.34. The summed E-state index contributed by atoms with van der Waals surface area (Å²) in [6.45, 7) is 1.72. The van der Waals surface area contributed by atoms with E-state index in [-0.39, 0.29) is 11.8 Å². The normalized spacial score (nSPS) is 21.0. The Labute approximate surface area is 145 Å². The predicted octanol–water partition coefficient (Wildman–Crippen LogP) is 2.61. The van der Waals surface area contributed by atoms with Gasteiger partial charge in [-0.25, -0.2) is 4.98 Å². The van der Waals surface area contributed by atoms with Crippen molar-refractivity contribution in [3.63, 3.8) is 0 Å². The number of hydrogen-bond acceptors (Lipinski definition) is 4. The molecule has 2 aliphatic rings. The van der Waals surface area contributed by atoms with Crippen LogP contribution in [0.5, 0.6) is 0 Å². The van der Waals surface area contributed by atoms with Gasteiger partial charge < -0.3 is 15.2 Å². The fourth-order valence-corrected chi connectivity index (χ4v) is 3.86. The van der Waals surface area contributed by atoms with Crippen molar-refractivity contribution in [1.82, 2.24) is 20.3 Å². The highest BCUT2D eigenvalue weighted by Crippen LogP contribution is 2.34. The van der Waals surface area contributed by atoms with E-state index in [1.165, 1.54) is 5.39 Å². The molecule has 6 nitrogen and oxygen atoms in total. The third kappa shape index (κ3) is 2.62. The minimum atomic E-state index is 0.0631. The van der Waals surface area contributed by atoms with Crippen LogP contribution in [0, 0.1) is 5.92 Å². The van der Waals surface area contributed by atoms with Crippen LogP contribution in [-0.2, 0) is 4.79 Å². The molecule has 5 rings (SSSR count). The first-order valence-corrected chi connectivity index (χ1v) is 9.05. The Morgan fingerprint density at radius 3 is 3.04 bits per heavy atom. The highest BCUT2D eigenvalue weighted by atomic mass is 16.2. The molecular formula is C19H21N5O. The van der Waals surface area contributed by atoms with E-state index in [9.17, 15) is 4.79 Å². The lowest BCUT2D eigenvalue weighted by Crippen LogP contribution is -2.43. The monoisotopic (exact) mass is 335 g/mol. The topological polar surface area (TPSA) is 73.9 Å². The van der Waals surface area contributed by atoms with Crippen molar-refractivity contribution < 1.29 is 4.79 Å². The quantitative estimate of drug-likeness (QED) is 0.771. The van der Waals surface area contributed by atoms with Gasteiger partial charge in [-0.05, 0) is 31.7 Å². The van der Waals surface area contributed by atoms with E-state index in [1.54, 1.807) is 0 Å². The van der Waals surface area contributed by atoms with Crippen LogP contribution in [0.25, 0.3) is 21.8 Å². The van der Waals surface area contributed by atoms with Crippen LogP contribution >= 0.6 is 0 Å². The van der Waals surface area contributed by atoms with Crippen LogP contribution in [0.3, 0.4) is 0 Å². The minimum Gasteiger partial charge on any atom is -0.369 e. The first-order valence-electron chi connectivity index (χ1n) is 9.05. The maximum absolute atomic E-state index is 12.5. The highest BCUT2D eigenvalue weighted by molar-refractivity contribution is 6.11. The molecule has 2 N–H and O–H groups in total. The number of anilines is 1. The summed E-state index contributed by atoms with van der Waals surface area (Å²) in [5, 5.41) is 6.48. The summed E-state index contributed by atoms with van der Waals surface area (Å²) in [6.07, 6.45) is 11.8. The van der Waals surface area contributed by atoms with E-state index in [2.05, 4.69) is 31.2 Å². The number of piperidine rings is 1. The number of rotatable bonds is 3. The maximum Gasteiger partial charge on any atom is 0.225 e. The van der Waals surface area contributed by atoms with Crippen LogP contribution in [0.1, 0.15) is 25.7 Å². The van der Waals surface area contributed by atoms with E-state index < -0.39 is 0 Å². The highest BCUT2D eigenvalue weighted by Gasteiger charge is 2.31. The molecule has 1 saturated carbocycles. The summed E-state index contributed by atoms with van der Waals surface area (Å²) in [5.41, 5.74) is 1.99. The number of pyridine rings is 2. The molecule has 1 aliphatic heterocycles. The van der Waals surface area contributed by atoms with Gasteiger partial charge in [0.2, 0.25) is 5.91 Å². The Morgan fingerprint density at radius 1 is 1.24 bits per heavy atom. The molecule has 1 atom stereocenters. The standard InChI is InChI=1S/C19H21N5O/c25-19(23-14-3-4-14)12-2-1-7-24(11-12)16-10-20-8-13-9-22-18-15(17(13)16)5-6-21-18/h5-6,8-10,12,14H,1-4,7,11H2,(H,21,22)(H,23,25). The van der Waals surface area contributed by atoms with E-state index in [0.717, 1.165) is 60.9 Å². The van der Waals surface area contributed by atoms with Gasteiger partial charge in [0.1, 0.15) is 5.65 Å². The smallest absolute Gasteiger partial charge is 0.225 e. The summed E-state index contributed by atoms with van der Waals surface area (Å²) in [7, 11) is 0. The van der Waals surface area contributed by atoms with Gasteiger partial charge in [-0.3, -0.25) is 9.78 Å². The summed E-state index contributed by atoms with van der Waals surface area (Å²) < 4.78 is 0. The van der Waals surface area contributed by atoms with Crippen molar-refractivity contribution in [1.29, 1.82) is 0 Å². The largest absolute Gasteiger partial charge is 0.369 e. The second kappa shape index (κ2) is 5.72. The molecule has 6 heteroatoms. The van der Waals surface area contributed by atoms with Crippen LogP contribution < -0.4 is 10.2 Å². The molecule has 128 valence electrons. The third-order valence-electron chi connectivity index (χ3n) is 5.34. The van der Waals surface area contributed by atoms with Crippen molar-refractivity contribution in [3.05, 3.63) is 30.9 Å². The van der Waals surface area contributed by atoms with Gasteiger partial charge in [0, 0.05) is 53.9 Å². The maximum atomic E-state index is 12.5. The molecule has 0 spiro atoms. The zero-order valence-corrected chi connectivity index (χ0v) is 14.0. The van der Waals surface area contributed by atoms with Gasteiger partial charge in [-0.2, -0.15) is 0 Å². The average Bonchev–Trinajstić information content (AvgIpc) is 3.33. The van der Waals surface area contributed by atoms with Gasteiger partial charge >= 0.3 is 0 Å². The molecule has 0 radical (unpaired) electrons. The zero-order chi connectivity index (χ0) is 16.8. The number of carbonyl (C=O) groups excluding carboxylic acids is 1. The van der Waals surface area contributed by atoms with Crippen LogP contribution in [0.15, 0.2) is 30.9 Å². The van der Waals surface area contributed by atoms with Crippen molar-refractivity contribution in [2.45, 2.75) is 31.7 Å². The molecule has 1 amide bonds. The van der Waals surface area contributed by atoms with Crippen LogP contribution in [0.4, 0.5) is 5.69 Å². The lowest BCUT2D eigenvalue weighted by atomic mass is 9.96. The van der Waals surface area contributed by atoms with Crippen LogP contribution in [-0.4, -0.2) is 40.0 Å². The number of nitrogens with zero attached hydrogens (tertiary/aromatic N) is 3. The molecule has 1 unspecified atom stereocenters. The number of fused-ring (bicyclic) bond motifs is 3. The van der Waals surface area contributed by atoms with Gasteiger partial charge in [-0.1, -0.05) is 0 Å². The first-order chi connectivity index (χ1) is 12.3. The van der Waals surface area contributed by atoms with E-state index >= 15 is 0 Å². The SMILES string of the molecule is O=C(NC1CC1)C1CCCN(c2cncc3cnc4[nH]ccc4c23)C1. The molecule has 3 aromatic rings. The van der Waals surface area contributed by atoms with Crippen molar-refractivity contribution in [3.8, 4) is 0 Å². The van der Waals surface area contributed by atoms with Gasteiger partial charge in [-0.15, -0.1) is 0 Å². The fourth-order valence-electron chi connectivity index (χ4n) is 3.86. The lowest BCUT2D eigenvalue weighted by molar-refractivity contribution is -0.125. The van der Waals surface area contributed by atoms with Gasteiger partial charge in [0.15, 0.2) is 0 Å². The van der Waals surface area contributed by atoms with Gasteiger partial charge in [0.05, 0.1) is 17.8 Å². The molecule has 0 aromatic carbocycles. The number of aromatic amines is 1. The van der Waals surface area contributed by atoms with Crippen LogP contribution in [0.2, 0.25) is 0 Å². The number of carbonyl (C=O) groups is 1. The summed E-state index contributed by atoms with van der Waals surface area (Å²) in [5.74, 6) is 0.280. The molecule has 3 aromatic heterocycles. The zero-order valence-electron chi connectivity index (χ0n) is 14.0. The van der Waals surface area contributed by atoms with E-state index in [4.69, 9.17) is 0 Å². The van der Waals surface area contributed by atoms with Crippen molar-refractivity contribution in [2.24, 2.45) is 5.92 Å². The first kappa shape index (κ1) is 14.7. The Kier molecular flexibility index (Phi) is 3.36. The van der Waals surface area contributed by atoms with E-state index in [0.29, 0.717) is 6.04 Å².